The molecule has 0 aliphatic heterocycles. The first kappa shape index (κ1) is 21.4. The van der Waals surface area contributed by atoms with E-state index in [-0.39, 0.29) is 13.0 Å². The minimum Gasteiger partial charge on any atom is -0.465 e. The summed E-state index contributed by atoms with van der Waals surface area (Å²) < 4.78 is 10.2. The molecule has 8 heteroatoms. The van der Waals surface area contributed by atoms with Crippen LogP contribution in [0.3, 0.4) is 0 Å². The standard InChI is InChI=1S/C17H24BrNO6/c1-17(2,3)25-16(23)19-8-7-13(20)14(21)11-6-5-10(9-12(11)18)15(22)24-4/h5-6,9,13-14,20-21H,7-8H2,1-4H3,(H,19,23). The number of ether oxygens (including phenoxy) is 2. The maximum atomic E-state index is 11.5. The highest BCUT2D eigenvalue weighted by atomic mass is 79.9. The van der Waals surface area contributed by atoms with Crippen LogP contribution in [0, 0.1) is 0 Å². The van der Waals surface area contributed by atoms with Crippen LogP contribution in [0.25, 0.3) is 0 Å². The molecule has 7 nitrogen and oxygen atoms in total. The number of alkyl carbamates (subject to hydrolysis) is 1. The van der Waals surface area contributed by atoms with Gasteiger partial charge in [-0.1, -0.05) is 22.0 Å². The third-order valence-electron chi connectivity index (χ3n) is 3.21. The molecule has 0 aromatic heterocycles. The minimum absolute atomic E-state index is 0.131. The SMILES string of the molecule is COC(=O)c1ccc(C(O)C(O)CCNC(=O)OC(C)(C)C)c(Br)c1. The van der Waals surface area contributed by atoms with E-state index < -0.39 is 29.9 Å². The van der Waals surface area contributed by atoms with Gasteiger partial charge in [-0.25, -0.2) is 9.59 Å². The van der Waals surface area contributed by atoms with E-state index in [1.807, 2.05) is 0 Å². The number of carbonyl (C=O) groups is 2. The maximum Gasteiger partial charge on any atom is 0.407 e. The lowest BCUT2D eigenvalue weighted by Gasteiger charge is -2.22. The van der Waals surface area contributed by atoms with Gasteiger partial charge in [0.05, 0.1) is 18.8 Å². The van der Waals surface area contributed by atoms with Crippen LogP contribution >= 0.6 is 15.9 Å². The van der Waals surface area contributed by atoms with Crippen LogP contribution in [0.15, 0.2) is 22.7 Å². The van der Waals surface area contributed by atoms with Crippen molar-refractivity contribution in [2.45, 2.75) is 45.0 Å². The Bertz CT molecular complexity index is 614. The molecule has 0 bridgehead atoms. The molecule has 0 radical (unpaired) electrons. The Morgan fingerprint density at radius 2 is 1.92 bits per heavy atom. The molecular weight excluding hydrogens is 394 g/mol. The summed E-state index contributed by atoms with van der Waals surface area (Å²) in [4.78, 5) is 23.0. The lowest BCUT2D eigenvalue weighted by atomic mass is 10.0. The molecule has 2 atom stereocenters. The normalized spacial score (nSPS) is 13.7. The predicted molar refractivity (Wildman–Crippen MR) is 95.3 cm³/mol. The van der Waals surface area contributed by atoms with Gasteiger partial charge in [-0.2, -0.15) is 0 Å². The van der Waals surface area contributed by atoms with Crippen LogP contribution in [0.2, 0.25) is 0 Å². The van der Waals surface area contributed by atoms with Crippen LogP contribution < -0.4 is 5.32 Å². The molecular formula is C17H24BrNO6. The lowest BCUT2D eigenvalue weighted by Crippen LogP contribution is -2.34. The van der Waals surface area contributed by atoms with Gasteiger partial charge in [0.2, 0.25) is 0 Å². The second-order valence-corrected chi connectivity index (χ2v) is 7.31. The number of aliphatic hydroxyl groups excluding tert-OH is 2. The summed E-state index contributed by atoms with van der Waals surface area (Å²) >= 11 is 3.27. The quantitative estimate of drug-likeness (QED) is 0.614. The molecule has 0 saturated heterocycles. The van der Waals surface area contributed by atoms with Gasteiger partial charge < -0.3 is 25.0 Å². The van der Waals surface area contributed by atoms with Gasteiger partial charge in [-0.05, 0) is 44.9 Å². The number of methoxy groups -OCH3 is 1. The van der Waals surface area contributed by atoms with E-state index in [9.17, 15) is 19.8 Å². The third kappa shape index (κ3) is 7.01. The monoisotopic (exact) mass is 417 g/mol. The van der Waals surface area contributed by atoms with Crippen LogP contribution in [0.4, 0.5) is 4.79 Å². The Balaban J connectivity index is 2.60. The largest absolute Gasteiger partial charge is 0.465 e. The predicted octanol–water partition coefficient (Wildman–Crippen LogP) is 2.54. The molecule has 1 aromatic rings. The molecule has 0 aliphatic carbocycles. The highest BCUT2D eigenvalue weighted by molar-refractivity contribution is 9.10. The zero-order valence-electron chi connectivity index (χ0n) is 14.7. The second kappa shape index (κ2) is 9.17. The van der Waals surface area contributed by atoms with Crippen molar-refractivity contribution >= 4 is 28.0 Å². The molecule has 1 rings (SSSR count). The van der Waals surface area contributed by atoms with Crippen LogP contribution in [0.1, 0.15) is 49.2 Å². The van der Waals surface area contributed by atoms with E-state index in [0.29, 0.717) is 15.6 Å². The van der Waals surface area contributed by atoms with Gasteiger partial charge in [0.25, 0.3) is 0 Å². The Morgan fingerprint density at radius 1 is 1.28 bits per heavy atom. The number of amides is 1. The van der Waals surface area contributed by atoms with Crippen molar-refractivity contribution in [3.63, 3.8) is 0 Å². The van der Waals surface area contributed by atoms with Crippen molar-refractivity contribution < 1.29 is 29.3 Å². The van der Waals surface area contributed by atoms with Crippen molar-refractivity contribution in [3.05, 3.63) is 33.8 Å². The number of nitrogens with one attached hydrogen (secondary N) is 1. The minimum atomic E-state index is -1.18. The van der Waals surface area contributed by atoms with E-state index in [0.717, 1.165) is 0 Å². The van der Waals surface area contributed by atoms with E-state index in [4.69, 9.17) is 4.74 Å². The molecule has 0 heterocycles. The zero-order chi connectivity index (χ0) is 19.2. The van der Waals surface area contributed by atoms with E-state index in [2.05, 4.69) is 26.0 Å². The second-order valence-electron chi connectivity index (χ2n) is 6.46. The van der Waals surface area contributed by atoms with Gasteiger partial charge in [-0.3, -0.25) is 0 Å². The third-order valence-corrected chi connectivity index (χ3v) is 3.90. The first-order valence-electron chi connectivity index (χ1n) is 7.76. The lowest BCUT2D eigenvalue weighted by molar-refractivity contribution is 0.0119. The van der Waals surface area contributed by atoms with Gasteiger partial charge in [0.1, 0.15) is 11.7 Å². The Morgan fingerprint density at radius 3 is 2.44 bits per heavy atom. The van der Waals surface area contributed by atoms with E-state index in [1.165, 1.54) is 25.3 Å². The summed E-state index contributed by atoms with van der Waals surface area (Å²) in [5, 5.41) is 22.9. The summed E-state index contributed by atoms with van der Waals surface area (Å²) in [6.45, 7) is 5.40. The van der Waals surface area contributed by atoms with Gasteiger partial charge >= 0.3 is 12.1 Å². The van der Waals surface area contributed by atoms with Crippen LogP contribution in [0.5, 0.6) is 0 Å². The number of rotatable bonds is 6. The molecule has 1 aromatic carbocycles. The van der Waals surface area contributed by atoms with Crippen molar-refractivity contribution in [2.24, 2.45) is 0 Å². The molecule has 0 aliphatic rings. The molecule has 2 unspecified atom stereocenters. The average molecular weight is 418 g/mol. The molecule has 25 heavy (non-hydrogen) atoms. The number of benzene rings is 1. The van der Waals surface area contributed by atoms with Crippen molar-refractivity contribution in [2.75, 3.05) is 13.7 Å². The Labute approximate surface area is 155 Å². The number of aliphatic hydroxyl groups is 2. The summed E-state index contributed by atoms with van der Waals surface area (Å²) in [7, 11) is 1.28. The molecule has 0 fully saturated rings. The van der Waals surface area contributed by atoms with Crippen molar-refractivity contribution in [1.82, 2.24) is 5.32 Å². The first-order valence-corrected chi connectivity index (χ1v) is 8.55. The zero-order valence-corrected chi connectivity index (χ0v) is 16.3. The maximum absolute atomic E-state index is 11.5. The van der Waals surface area contributed by atoms with E-state index in [1.54, 1.807) is 20.8 Å². The number of hydrogen-bond donors (Lipinski definition) is 3. The molecule has 140 valence electrons. The van der Waals surface area contributed by atoms with Crippen molar-refractivity contribution in [1.29, 1.82) is 0 Å². The highest BCUT2D eigenvalue weighted by Gasteiger charge is 2.22. The summed E-state index contributed by atoms with van der Waals surface area (Å²) in [5.74, 6) is -0.496. The number of hydrogen-bond acceptors (Lipinski definition) is 6. The summed E-state index contributed by atoms with van der Waals surface area (Å²) in [6, 6.07) is 4.54. The summed E-state index contributed by atoms with van der Waals surface area (Å²) in [6.07, 6.45) is -2.74. The Hall–Kier alpha value is -1.64. The topological polar surface area (TPSA) is 105 Å². The molecule has 0 saturated carbocycles. The fraction of sp³-hybridized carbons (Fsp3) is 0.529. The van der Waals surface area contributed by atoms with Gasteiger partial charge in [-0.15, -0.1) is 0 Å². The van der Waals surface area contributed by atoms with Crippen molar-refractivity contribution in [3.8, 4) is 0 Å². The number of carbonyl (C=O) groups excluding carboxylic acids is 2. The molecule has 3 N–H and O–H groups in total. The van der Waals surface area contributed by atoms with Crippen LogP contribution in [-0.2, 0) is 9.47 Å². The molecule has 0 spiro atoms. The average Bonchev–Trinajstić information content (AvgIpc) is 2.51. The summed E-state index contributed by atoms with van der Waals surface area (Å²) in [5.41, 5.74) is 0.151. The first-order chi connectivity index (χ1) is 11.5. The number of esters is 1. The van der Waals surface area contributed by atoms with E-state index >= 15 is 0 Å². The smallest absolute Gasteiger partial charge is 0.407 e. The number of halogens is 1. The fourth-order valence-electron chi connectivity index (χ4n) is 2.01. The van der Waals surface area contributed by atoms with Gasteiger partial charge in [0, 0.05) is 11.0 Å². The molecule has 1 amide bonds. The van der Waals surface area contributed by atoms with Crippen LogP contribution in [-0.4, -0.2) is 47.6 Å². The Kier molecular flexibility index (Phi) is 7.85. The van der Waals surface area contributed by atoms with Gasteiger partial charge in [0.15, 0.2) is 0 Å². The fourth-order valence-corrected chi connectivity index (χ4v) is 2.63. The highest BCUT2D eigenvalue weighted by Crippen LogP contribution is 2.28.